The lowest BCUT2D eigenvalue weighted by Crippen LogP contribution is -2.50. The van der Waals surface area contributed by atoms with E-state index in [2.05, 4.69) is 10.1 Å². The van der Waals surface area contributed by atoms with Gasteiger partial charge in [-0.25, -0.2) is 9.59 Å². The van der Waals surface area contributed by atoms with Crippen molar-refractivity contribution in [2.75, 3.05) is 20.2 Å². The number of carbonyl (C=O) groups excluding carboxylic acids is 2. The number of nitrogens with zero attached hydrogens (tertiary/aromatic N) is 1. The molecule has 18 heavy (non-hydrogen) atoms. The third-order valence-corrected chi connectivity index (χ3v) is 2.58. The molecule has 1 fully saturated rings. The molecular formula is C12H22N2O4. The van der Waals surface area contributed by atoms with E-state index in [1.807, 2.05) is 20.8 Å². The molecule has 1 aliphatic rings. The second-order valence-electron chi connectivity index (χ2n) is 5.40. The second kappa shape index (κ2) is 5.93. The molecule has 1 heterocycles. The van der Waals surface area contributed by atoms with E-state index in [1.54, 1.807) is 4.90 Å². The Kier molecular flexibility index (Phi) is 4.81. The van der Waals surface area contributed by atoms with Crippen LogP contribution in [0.4, 0.5) is 9.59 Å². The Labute approximate surface area is 108 Å². The Morgan fingerprint density at radius 3 is 2.56 bits per heavy atom. The fourth-order valence-electron chi connectivity index (χ4n) is 1.86. The number of carbonyl (C=O) groups is 2. The summed E-state index contributed by atoms with van der Waals surface area (Å²) in [5.41, 5.74) is -0.513. The van der Waals surface area contributed by atoms with Crippen molar-refractivity contribution in [1.29, 1.82) is 0 Å². The SMILES string of the molecule is COC(=O)N1CCCC(NC(=O)OC(C)(C)C)C1. The monoisotopic (exact) mass is 258 g/mol. The summed E-state index contributed by atoms with van der Waals surface area (Å²) in [4.78, 5) is 24.6. The maximum Gasteiger partial charge on any atom is 0.409 e. The Morgan fingerprint density at radius 1 is 1.33 bits per heavy atom. The molecule has 1 unspecified atom stereocenters. The number of methoxy groups -OCH3 is 1. The van der Waals surface area contributed by atoms with Crippen molar-refractivity contribution < 1.29 is 19.1 Å². The molecular weight excluding hydrogens is 236 g/mol. The molecule has 1 atom stereocenters. The van der Waals surface area contributed by atoms with Gasteiger partial charge in [-0.2, -0.15) is 0 Å². The van der Waals surface area contributed by atoms with E-state index in [1.165, 1.54) is 7.11 Å². The van der Waals surface area contributed by atoms with Gasteiger partial charge in [-0.3, -0.25) is 0 Å². The molecule has 0 bridgehead atoms. The Bertz CT molecular complexity index is 312. The lowest BCUT2D eigenvalue weighted by atomic mass is 10.1. The van der Waals surface area contributed by atoms with Gasteiger partial charge in [-0.15, -0.1) is 0 Å². The van der Waals surface area contributed by atoms with E-state index >= 15 is 0 Å². The largest absolute Gasteiger partial charge is 0.453 e. The smallest absolute Gasteiger partial charge is 0.409 e. The minimum Gasteiger partial charge on any atom is -0.453 e. The summed E-state index contributed by atoms with van der Waals surface area (Å²) in [6.07, 6.45) is 0.882. The first kappa shape index (κ1) is 14.6. The van der Waals surface area contributed by atoms with Crippen molar-refractivity contribution in [2.24, 2.45) is 0 Å². The number of ether oxygens (including phenoxy) is 2. The summed E-state index contributed by atoms with van der Waals surface area (Å²) in [5, 5.41) is 2.77. The highest BCUT2D eigenvalue weighted by Gasteiger charge is 2.26. The number of amides is 2. The maximum absolute atomic E-state index is 11.6. The first-order chi connectivity index (χ1) is 8.31. The van der Waals surface area contributed by atoms with E-state index in [0.29, 0.717) is 13.1 Å². The second-order valence-corrected chi connectivity index (χ2v) is 5.40. The first-order valence-electron chi connectivity index (χ1n) is 6.14. The summed E-state index contributed by atoms with van der Waals surface area (Å²) >= 11 is 0. The van der Waals surface area contributed by atoms with Crippen LogP contribution in [-0.2, 0) is 9.47 Å². The molecule has 1 N–H and O–H groups in total. The highest BCUT2D eigenvalue weighted by Crippen LogP contribution is 2.12. The number of hydrogen-bond donors (Lipinski definition) is 1. The molecule has 0 spiro atoms. The standard InChI is InChI=1S/C12H22N2O4/c1-12(2,3)18-10(15)13-9-6-5-7-14(8-9)11(16)17-4/h9H,5-8H2,1-4H3,(H,13,15). The third kappa shape index (κ3) is 4.81. The first-order valence-corrected chi connectivity index (χ1v) is 6.14. The molecule has 104 valence electrons. The molecule has 0 aromatic heterocycles. The van der Waals surface area contributed by atoms with E-state index < -0.39 is 11.7 Å². The number of rotatable bonds is 1. The van der Waals surface area contributed by atoms with Gasteiger partial charge in [0.05, 0.1) is 7.11 Å². The molecule has 6 heteroatoms. The highest BCUT2D eigenvalue weighted by molar-refractivity contribution is 5.69. The summed E-state index contributed by atoms with van der Waals surface area (Å²) in [5.74, 6) is 0. The van der Waals surface area contributed by atoms with Crippen LogP contribution in [0, 0.1) is 0 Å². The number of alkyl carbamates (subject to hydrolysis) is 1. The van der Waals surface area contributed by atoms with Crippen LogP contribution in [0.5, 0.6) is 0 Å². The molecule has 0 radical (unpaired) electrons. The Morgan fingerprint density at radius 2 is 2.00 bits per heavy atom. The molecule has 1 aliphatic heterocycles. The number of hydrogen-bond acceptors (Lipinski definition) is 4. The van der Waals surface area contributed by atoms with Gasteiger partial charge >= 0.3 is 12.2 Å². The Hall–Kier alpha value is -1.46. The highest BCUT2D eigenvalue weighted by atomic mass is 16.6. The van der Waals surface area contributed by atoms with Gasteiger partial charge < -0.3 is 19.7 Å². The van der Waals surface area contributed by atoms with Gasteiger partial charge in [0.25, 0.3) is 0 Å². The Balaban J connectivity index is 2.43. The molecule has 0 saturated carbocycles. The van der Waals surface area contributed by atoms with Gasteiger partial charge in [0.15, 0.2) is 0 Å². The average molecular weight is 258 g/mol. The van der Waals surface area contributed by atoms with Crippen molar-refractivity contribution in [3.8, 4) is 0 Å². The van der Waals surface area contributed by atoms with Crippen molar-refractivity contribution >= 4 is 12.2 Å². The number of likely N-dealkylation sites (tertiary alicyclic amines) is 1. The molecule has 6 nitrogen and oxygen atoms in total. The molecule has 1 saturated heterocycles. The van der Waals surface area contributed by atoms with Crippen LogP contribution in [0.25, 0.3) is 0 Å². The van der Waals surface area contributed by atoms with Crippen molar-refractivity contribution in [3.63, 3.8) is 0 Å². The predicted octanol–water partition coefficient (Wildman–Crippen LogP) is 1.74. The van der Waals surface area contributed by atoms with Gasteiger partial charge in [-0.1, -0.05) is 0 Å². The summed E-state index contributed by atoms with van der Waals surface area (Å²) in [6.45, 7) is 6.57. The summed E-state index contributed by atoms with van der Waals surface area (Å²) in [6, 6.07) is -0.0762. The van der Waals surface area contributed by atoms with Crippen molar-refractivity contribution in [2.45, 2.75) is 45.3 Å². The lowest BCUT2D eigenvalue weighted by Gasteiger charge is -2.32. The zero-order valence-electron chi connectivity index (χ0n) is 11.5. The van der Waals surface area contributed by atoms with Crippen LogP contribution in [0.2, 0.25) is 0 Å². The zero-order valence-corrected chi connectivity index (χ0v) is 11.5. The minimum absolute atomic E-state index is 0.0762. The molecule has 0 aromatic carbocycles. The van der Waals surface area contributed by atoms with Crippen LogP contribution in [0.3, 0.4) is 0 Å². The maximum atomic E-state index is 11.6. The topological polar surface area (TPSA) is 67.9 Å². The van der Waals surface area contributed by atoms with Crippen LogP contribution in [-0.4, -0.2) is 48.9 Å². The quantitative estimate of drug-likeness (QED) is 0.778. The van der Waals surface area contributed by atoms with Crippen molar-refractivity contribution in [1.82, 2.24) is 10.2 Å². The molecule has 2 amide bonds. The molecule has 0 aliphatic carbocycles. The van der Waals surface area contributed by atoms with Crippen LogP contribution in [0.1, 0.15) is 33.6 Å². The third-order valence-electron chi connectivity index (χ3n) is 2.58. The van der Waals surface area contributed by atoms with E-state index in [0.717, 1.165) is 12.8 Å². The lowest BCUT2D eigenvalue weighted by molar-refractivity contribution is 0.0464. The van der Waals surface area contributed by atoms with Gasteiger partial charge in [0.2, 0.25) is 0 Å². The fourth-order valence-corrected chi connectivity index (χ4v) is 1.86. The van der Waals surface area contributed by atoms with Gasteiger partial charge in [-0.05, 0) is 33.6 Å². The van der Waals surface area contributed by atoms with Crippen molar-refractivity contribution in [3.05, 3.63) is 0 Å². The summed E-state index contributed by atoms with van der Waals surface area (Å²) < 4.78 is 9.84. The number of piperidine rings is 1. The van der Waals surface area contributed by atoms with Gasteiger partial charge in [0.1, 0.15) is 5.60 Å². The van der Waals surface area contributed by atoms with Crippen LogP contribution >= 0.6 is 0 Å². The molecule has 1 rings (SSSR count). The summed E-state index contributed by atoms with van der Waals surface area (Å²) in [7, 11) is 1.35. The normalized spacial score (nSPS) is 20.2. The minimum atomic E-state index is -0.513. The average Bonchev–Trinajstić information content (AvgIpc) is 2.25. The predicted molar refractivity (Wildman–Crippen MR) is 66.4 cm³/mol. The van der Waals surface area contributed by atoms with E-state index in [-0.39, 0.29) is 12.1 Å². The fraction of sp³-hybridized carbons (Fsp3) is 0.833. The zero-order chi connectivity index (χ0) is 13.8. The van der Waals surface area contributed by atoms with E-state index in [4.69, 9.17) is 4.74 Å². The van der Waals surface area contributed by atoms with Gasteiger partial charge in [0, 0.05) is 19.1 Å². The van der Waals surface area contributed by atoms with E-state index in [9.17, 15) is 9.59 Å². The molecule has 0 aromatic rings. The van der Waals surface area contributed by atoms with Crippen LogP contribution in [0.15, 0.2) is 0 Å². The number of nitrogens with one attached hydrogen (secondary N) is 1. The van der Waals surface area contributed by atoms with Crippen LogP contribution < -0.4 is 5.32 Å².